The molecule has 1 atom stereocenters. The number of rotatable bonds is 1. The third kappa shape index (κ3) is 10.7. The Kier molecular flexibility index (Phi) is 13.9. The number of carbonyl (C=O) groups excluding carboxylic acids is 2. The molecule has 0 radical (unpaired) electrons. The zero-order valence-corrected chi connectivity index (χ0v) is 12.1. The SMILES string of the molecule is CC(=O)C1=C(O)O[C@H](C)C1=O.F[B-](F)(F)F.[NH2-].[NH2-].[Pt+2]. The van der Waals surface area contributed by atoms with Crippen molar-refractivity contribution in [1.29, 1.82) is 0 Å². The fraction of sp³-hybridized carbons (Fsp3) is 0.429. The normalized spacial score (nSPS) is 16.9. The molecule has 1 aliphatic heterocycles. The average Bonchev–Trinajstić information content (AvgIpc) is 2.22. The van der Waals surface area contributed by atoms with Crippen molar-refractivity contribution in [3.63, 3.8) is 0 Å². The van der Waals surface area contributed by atoms with Gasteiger partial charge >= 0.3 is 28.3 Å². The van der Waals surface area contributed by atoms with Gasteiger partial charge in [-0.25, -0.2) is 0 Å². The molecule has 1 heterocycles. The minimum absolute atomic E-state index is 0. The van der Waals surface area contributed by atoms with Crippen LogP contribution < -0.4 is 0 Å². The molecule has 0 spiro atoms. The average molecular weight is 470 g/mol. The number of halogens is 4. The van der Waals surface area contributed by atoms with Gasteiger partial charge in [0.2, 0.25) is 5.78 Å². The van der Waals surface area contributed by atoms with Crippen molar-refractivity contribution in [2.75, 3.05) is 0 Å². The summed E-state index contributed by atoms with van der Waals surface area (Å²) in [4.78, 5) is 21.7. The Bertz CT molecular complexity index is 344. The summed E-state index contributed by atoms with van der Waals surface area (Å²) in [5, 5.41) is 8.92. The zero-order valence-electron chi connectivity index (χ0n) is 9.81. The second kappa shape index (κ2) is 9.93. The van der Waals surface area contributed by atoms with Gasteiger partial charge in [-0.15, -0.1) is 0 Å². The number of hydrogen-bond donors (Lipinski definition) is 1. The fourth-order valence-electron chi connectivity index (χ4n) is 0.913. The van der Waals surface area contributed by atoms with Gasteiger partial charge in [-0.3, -0.25) is 9.59 Å². The van der Waals surface area contributed by atoms with Crippen LogP contribution in [0.3, 0.4) is 0 Å². The first kappa shape index (κ1) is 26.6. The molecule has 0 amide bonds. The van der Waals surface area contributed by atoms with Crippen LogP contribution in [0.4, 0.5) is 17.3 Å². The van der Waals surface area contributed by atoms with Gasteiger partial charge in [-0.1, -0.05) is 0 Å². The zero-order chi connectivity index (χ0) is 13.1. The van der Waals surface area contributed by atoms with E-state index < -0.39 is 30.9 Å². The monoisotopic (exact) mass is 470 g/mol. The summed E-state index contributed by atoms with van der Waals surface area (Å²) >= 11 is 0. The van der Waals surface area contributed by atoms with E-state index in [9.17, 15) is 26.9 Å². The summed E-state index contributed by atoms with van der Waals surface area (Å²) in [5.41, 5.74) is -0.225. The fourth-order valence-corrected chi connectivity index (χ4v) is 0.913. The first-order valence-electron chi connectivity index (χ1n) is 4.06. The molecule has 0 fully saturated rings. The number of nitrogens with two attached hydrogens (primary N) is 2. The second-order valence-corrected chi connectivity index (χ2v) is 2.86. The van der Waals surface area contributed by atoms with Crippen LogP contribution in [0.1, 0.15) is 13.8 Å². The number of carbonyl (C=O) groups is 2. The molecule has 0 aromatic heterocycles. The molecule has 0 aliphatic carbocycles. The smallest absolute Gasteiger partial charge is 0.693 e. The maximum absolute atomic E-state index is 11.0. The number of aliphatic hydroxyl groups excluding tert-OH is 1. The van der Waals surface area contributed by atoms with E-state index in [2.05, 4.69) is 4.74 Å². The molecule has 0 aromatic rings. The van der Waals surface area contributed by atoms with Crippen molar-refractivity contribution in [1.82, 2.24) is 0 Å². The molecule has 1 aliphatic rings. The van der Waals surface area contributed by atoms with E-state index in [-0.39, 0.29) is 38.9 Å². The minimum Gasteiger partial charge on any atom is -0.693 e. The number of ketones is 2. The van der Waals surface area contributed by atoms with E-state index in [0.717, 1.165) is 0 Å². The van der Waals surface area contributed by atoms with Crippen LogP contribution in [-0.2, 0) is 35.4 Å². The molecule has 116 valence electrons. The largest absolute Gasteiger partial charge is 2.00 e. The van der Waals surface area contributed by atoms with Crippen LogP contribution in [-0.4, -0.2) is 30.0 Å². The van der Waals surface area contributed by atoms with E-state index in [1.54, 1.807) is 0 Å². The predicted octanol–water partition coefficient (Wildman–Crippen LogP) is 3.06. The van der Waals surface area contributed by atoms with Crippen LogP contribution in [0, 0.1) is 0 Å². The molecule has 0 unspecified atom stereocenters. The molecule has 1 rings (SSSR count). The van der Waals surface area contributed by atoms with Crippen molar-refractivity contribution in [2.45, 2.75) is 20.0 Å². The van der Waals surface area contributed by atoms with Gasteiger partial charge in [0.1, 0.15) is 5.57 Å². The Morgan fingerprint density at radius 2 is 1.58 bits per heavy atom. The van der Waals surface area contributed by atoms with Crippen molar-refractivity contribution in [3.8, 4) is 0 Å². The van der Waals surface area contributed by atoms with Crippen molar-refractivity contribution in [3.05, 3.63) is 23.8 Å². The van der Waals surface area contributed by atoms with E-state index in [4.69, 9.17) is 5.11 Å². The first-order valence-corrected chi connectivity index (χ1v) is 4.06. The number of hydrogen-bond acceptors (Lipinski definition) is 4. The summed E-state index contributed by atoms with van der Waals surface area (Å²) in [6, 6.07) is 0. The Balaban J connectivity index is -0.000000125. The number of aliphatic hydroxyl groups is 1. The molecular formula is C7H12BF4N2O4Pt-. The van der Waals surface area contributed by atoms with Crippen LogP contribution in [0.2, 0.25) is 0 Å². The van der Waals surface area contributed by atoms with Gasteiger partial charge < -0.3 is 39.4 Å². The van der Waals surface area contributed by atoms with Gasteiger partial charge in [0.25, 0.3) is 5.95 Å². The minimum atomic E-state index is -6.00. The Morgan fingerprint density at radius 1 is 1.26 bits per heavy atom. The molecule has 0 aromatic carbocycles. The predicted molar refractivity (Wildman–Crippen MR) is 56.6 cm³/mol. The summed E-state index contributed by atoms with van der Waals surface area (Å²) in [5.74, 6) is -1.46. The van der Waals surface area contributed by atoms with E-state index >= 15 is 0 Å². The molecule has 12 heteroatoms. The van der Waals surface area contributed by atoms with Crippen molar-refractivity contribution >= 4 is 18.8 Å². The molecule has 0 bridgehead atoms. The maximum atomic E-state index is 11.0. The van der Waals surface area contributed by atoms with Gasteiger partial charge in [0.05, 0.1) is 0 Å². The first-order chi connectivity index (χ1) is 7.04. The standard InChI is InChI=1S/C7H8O4.BF4.2H2N.Pt/c1-3(8)5-6(9)4(2)11-7(5)10;2-1(3,4)5;;;/h4,10H,1-2H3;;2*1H2;/q;3*-1;+2/t4-;;;;/m1..../s1. The van der Waals surface area contributed by atoms with Crippen molar-refractivity contribution in [2.24, 2.45) is 0 Å². The Labute approximate surface area is 121 Å². The van der Waals surface area contributed by atoms with Gasteiger partial charge in [0, 0.05) is 0 Å². The summed E-state index contributed by atoms with van der Waals surface area (Å²) in [7, 11) is -6.00. The second-order valence-electron chi connectivity index (χ2n) is 2.86. The third-order valence-corrected chi connectivity index (χ3v) is 1.47. The van der Waals surface area contributed by atoms with Crippen LogP contribution in [0.15, 0.2) is 11.5 Å². The van der Waals surface area contributed by atoms with Crippen LogP contribution in [0.25, 0.3) is 12.3 Å². The number of Topliss-reactive ketones (excluding diaryl/α,β-unsaturated/α-hetero) is 2. The van der Waals surface area contributed by atoms with Gasteiger partial charge in [-0.05, 0) is 13.8 Å². The molecular weight excluding hydrogens is 458 g/mol. The molecule has 6 nitrogen and oxygen atoms in total. The van der Waals surface area contributed by atoms with Crippen molar-refractivity contribution < 1.29 is 57.8 Å². The topological polar surface area (TPSA) is 131 Å². The summed E-state index contributed by atoms with van der Waals surface area (Å²) in [6.45, 7) is 2.69. The molecule has 0 saturated heterocycles. The summed E-state index contributed by atoms with van der Waals surface area (Å²) in [6.07, 6.45) is -0.728. The summed E-state index contributed by atoms with van der Waals surface area (Å²) < 4.78 is 43.6. The van der Waals surface area contributed by atoms with E-state index in [1.807, 2.05) is 0 Å². The van der Waals surface area contributed by atoms with Crippen LogP contribution in [0.5, 0.6) is 0 Å². The maximum Gasteiger partial charge on any atom is 2.00 e. The molecule has 19 heavy (non-hydrogen) atoms. The Morgan fingerprint density at radius 3 is 1.68 bits per heavy atom. The third-order valence-electron chi connectivity index (χ3n) is 1.47. The number of ether oxygens (including phenoxy) is 1. The quantitative estimate of drug-likeness (QED) is 0.359. The molecule has 0 saturated carbocycles. The van der Waals surface area contributed by atoms with E-state index in [1.165, 1.54) is 13.8 Å². The van der Waals surface area contributed by atoms with Gasteiger partial charge in [0.15, 0.2) is 11.9 Å². The Hall–Kier alpha value is -0.927. The van der Waals surface area contributed by atoms with E-state index in [0.29, 0.717) is 0 Å². The molecule has 5 N–H and O–H groups in total. The van der Waals surface area contributed by atoms with Gasteiger partial charge in [-0.2, -0.15) is 0 Å². The van der Waals surface area contributed by atoms with Crippen LogP contribution >= 0.6 is 0 Å².